The van der Waals surface area contributed by atoms with E-state index in [-0.39, 0.29) is 43.2 Å². The van der Waals surface area contributed by atoms with Crippen LogP contribution in [0.15, 0.2) is 18.2 Å². The molecule has 0 bridgehead atoms. The third-order valence-corrected chi connectivity index (χ3v) is 6.60. The molecule has 1 aromatic carbocycles. The van der Waals surface area contributed by atoms with Crippen molar-refractivity contribution in [1.29, 1.82) is 0 Å². The number of amides is 4. The van der Waals surface area contributed by atoms with Crippen molar-refractivity contribution in [1.82, 2.24) is 25.2 Å². The van der Waals surface area contributed by atoms with Gasteiger partial charge < -0.3 is 25.2 Å². The highest BCUT2D eigenvalue weighted by atomic mass is 32.2. The number of ether oxygens (including phenoxy) is 1. The number of benzene rings is 1. The summed E-state index contributed by atoms with van der Waals surface area (Å²) >= 11 is 0. The van der Waals surface area contributed by atoms with Gasteiger partial charge in [-0.1, -0.05) is 6.07 Å². The Balaban J connectivity index is 1.69. The van der Waals surface area contributed by atoms with Gasteiger partial charge in [0.05, 0.1) is 12.3 Å². The Morgan fingerprint density at radius 3 is 2.44 bits per heavy atom. The van der Waals surface area contributed by atoms with Gasteiger partial charge in [-0.05, 0) is 31.2 Å². The molecule has 3 rings (SSSR count). The SMILES string of the molecule is CNC(=O)N1CC(CNS(C)(=O)=O)C[C@@H](N(C(=O)NCc2ccc(OC(F)(F)F)cc2F)C2CC2)C1. The summed E-state index contributed by atoms with van der Waals surface area (Å²) in [6, 6.07) is 1.28. The third-order valence-electron chi connectivity index (χ3n) is 5.91. The van der Waals surface area contributed by atoms with Crippen LogP contribution in [0.3, 0.4) is 0 Å². The van der Waals surface area contributed by atoms with Crippen LogP contribution in [0.2, 0.25) is 0 Å². The molecule has 4 amide bonds. The van der Waals surface area contributed by atoms with Gasteiger partial charge >= 0.3 is 18.4 Å². The maximum absolute atomic E-state index is 14.3. The zero-order chi connectivity index (χ0) is 26.7. The van der Waals surface area contributed by atoms with Gasteiger partial charge in [-0.3, -0.25) is 0 Å². The zero-order valence-electron chi connectivity index (χ0n) is 19.8. The minimum absolute atomic E-state index is 0.0283. The van der Waals surface area contributed by atoms with Crippen LogP contribution < -0.4 is 20.1 Å². The van der Waals surface area contributed by atoms with Gasteiger partial charge in [0.1, 0.15) is 11.6 Å². The van der Waals surface area contributed by atoms with Crippen molar-refractivity contribution < 1.29 is 40.3 Å². The maximum Gasteiger partial charge on any atom is 0.573 e. The number of piperidine rings is 1. The molecule has 36 heavy (non-hydrogen) atoms. The molecular weight excluding hydrogens is 510 g/mol. The Morgan fingerprint density at radius 1 is 1.19 bits per heavy atom. The second kappa shape index (κ2) is 11.1. The van der Waals surface area contributed by atoms with Crippen LogP contribution in [0.1, 0.15) is 24.8 Å². The number of nitrogens with one attached hydrogen (secondary N) is 3. The van der Waals surface area contributed by atoms with E-state index >= 15 is 0 Å². The summed E-state index contributed by atoms with van der Waals surface area (Å²) in [5.41, 5.74) is -0.0283. The van der Waals surface area contributed by atoms with Crippen molar-refractivity contribution in [3.05, 3.63) is 29.6 Å². The van der Waals surface area contributed by atoms with E-state index in [1.54, 1.807) is 4.90 Å². The molecule has 1 saturated carbocycles. The predicted octanol–water partition coefficient (Wildman–Crippen LogP) is 1.98. The molecule has 202 valence electrons. The van der Waals surface area contributed by atoms with Crippen molar-refractivity contribution in [2.45, 2.75) is 44.3 Å². The molecule has 2 fully saturated rings. The zero-order valence-corrected chi connectivity index (χ0v) is 20.6. The van der Waals surface area contributed by atoms with Gasteiger partial charge in [-0.15, -0.1) is 13.2 Å². The Bertz CT molecular complexity index is 1070. The summed E-state index contributed by atoms with van der Waals surface area (Å²) in [5, 5.41) is 5.15. The Kier molecular flexibility index (Phi) is 8.54. The summed E-state index contributed by atoms with van der Waals surface area (Å²) in [5.74, 6) is -1.92. The standard InChI is InChI=1S/C21H29F4N5O5S/c1-26-19(31)29-11-13(9-28-36(2,33)34)7-16(12-29)30(15-4-5-15)20(32)27-10-14-3-6-17(8-18(14)22)35-21(23,24)25/h3,6,8,13,15-16,28H,4-5,7,9-12H2,1-2H3,(H,26,31)(H,27,32)/t13?,16-/m1/s1. The largest absolute Gasteiger partial charge is 0.573 e. The van der Waals surface area contributed by atoms with E-state index in [2.05, 4.69) is 20.1 Å². The highest BCUT2D eigenvalue weighted by Gasteiger charge is 2.42. The molecule has 1 aliphatic heterocycles. The molecule has 1 saturated heterocycles. The number of halogens is 4. The molecule has 2 atom stereocenters. The van der Waals surface area contributed by atoms with Gasteiger partial charge in [-0.2, -0.15) is 0 Å². The average molecular weight is 540 g/mol. The molecule has 0 radical (unpaired) electrons. The van der Waals surface area contributed by atoms with Gasteiger partial charge in [-0.25, -0.2) is 27.1 Å². The first-order chi connectivity index (χ1) is 16.8. The van der Waals surface area contributed by atoms with Crippen LogP contribution in [-0.4, -0.2) is 81.7 Å². The molecule has 1 aliphatic carbocycles. The van der Waals surface area contributed by atoms with Gasteiger partial charge in [0.15, 0.2) is 0 Å². The summed E-state index contributed by atoms with van der Waals surface area (Å²) < 4.78 is 80.6. The first-order valence-electron chi connectivity index (χ1n) is 11.3. The fourth-order valence-electron chi connectivity index (χ4n) is 4.23. The van der Waals surface area contributed by atoms with Crippen molar-refractivity contribution in [2.75, 3.05) is 32.9 Å². The van der Waals surface area contributed by atoms with Crippen molar-refractivity contribution in [3.63, 3.8) is 0 Å². The van der Waals surface area contributed by atoms with Crippen LogP contribution in [0, 0.1) is 11.7 Å². The van der Waals surface area contributed by atoms with Crippen molar-refractivity contribution >= 4 is 22.1 Å². The quantitative estimate of drug-likeness (QED) is 0.437. The normalized spacial score (nSPS) is 20.6. The van der Waals surface area contributed by atoms with E-state index in [0.717, 1.165) is 31.2 Å². The van der Waals surface area contributed by atoms with E-state index in [0.29, 0.717) is 19.0 Å². The smallest absolute Gasteiger partial charge is 0.406 e. The molecular formula is C21H29F4N5O5S. The summed E-state index contributed by atoms with van der Waals surface area (Å²) in [6.07, 6.45) is -1.99. The van der Waals surface area contributed by atoms with Crippen LogP contribution in [-0.2, 0) is 16.6 Å². The van der Waals surface area contributed by atoms with Gasteiger partial charge in [0.25, 0.3) is 0 Å². The number of hydrogen-bond donors (Lipinski definition) is 3. The van der Waals surface area contributed by atoms with Crippen LogP contribution in [0.4, 0.5) is 27.2 Å². The number of carbonyl (C=O) groups is 2. The Labute approximate surface area is 206 Å². The molecule has 1 aromatic rings. The number of rotatable bonds is 8. The monoisotopic (exact) mass is 539 g/mol. The van der Waals surface area contributed by atoms with Gasteiger partial charge in [0.2, 0.25) is 10.0 Å². The van der Waals surface area contributed by atoms with Crippen molar-refractivity contribution in [3.8, 4) is 5.75 Å². The predicted molar refractivity (Wildman–Crippen MR) is 121 cm³/mol. The van der Waals surface area contributed by atoms with Crippen LogP contribution in [0.5, 0.6) is 5.75 Å². The lowest BCUT2D eigenvalue weighted by atomic mass is 9.93. The number of sulfonamides is 1. The number of urea groups is 2. The van der Waals surface area contributed by atoms with Crippen LogP contribution in [0.25, 0.3) is 0 Å². The highest BCUT2D eigenvalue weighted by Crippen LogP contribution is 2.33. The molecule has 0 spiro atoms. The number of nitrogens with zero attached hydrogens (tertiary/aromatic N) is 2. The summed E-state index contributed by atoms with van der Waals surface area (Å²) in [7, 11) is -1.98. The summed E-state index contributed by atoms with van der Waals surface area (Å²) in [6.45, 7) is 0.360. The number of likely N-dealkylation sites (tertiary alicyclic amines) is 1. The molecule has 3 N–H and O–H groups in total. The topological polar surface area (TPSA) is 120 Å². The third kappa shape index (κ3) is 8.11. The molecule has 0 aromatic heterocycles. The molecule has 15 heteroatoms. The number of alkyl halides is 3. The van der Waals surface area contributed by atoms with E-state index in [9.17, 15) is 35.6 Å². The van der Waals surface area contributed by atoms with E-state index in [1.165, 1.54) is 11.9 Å². The van der Waals surface area contributed by atoms with E-state index in [1.807, 2.05) is 0 Å². The Hall–Kier alpha value is -2.81. The first-order valence-corrected chi connectivity index (χ1v) is 13.2. The molecule has 2 aliphatic rings. The lowest BCUT2D eigenvalue weighted by molar-refractivity contribution is -0.274. The Morgan fingerprint density at radius 2 is 1.89 bits per heavy atom. The minimum Gasteiger partial charge on any atom is -0.406 e. The van der Waals surface area contributed by atoms with E-state index < -0.39 is 40.0 Å². The summed E-state index contributed by atoms with van der Waals surface area (Å²) in [4.78, 5) is 28.6. The lowest BCUT2D eigenvalue weighted by Crippen LogP contribution is -2.59. The van der Waals surface area contributed by atoms with Crippen molar-refractivity contribution in [2.24, 2.45) is 5.92 Å². The first kappa shape index (κ1) is 27.8. The fourth-order valence-corrected chi connectivity index (χ4v) is 4.77. The maximum atomic E-state index is 14.3. The fraction of sp³-hybridized carbons (Fsp3) is 0.619. The number of hydrogen-bond acceptors (Lipinski definition) is 5. The molecule has 1 heterocycles. The lowest BCUT2D eigenvalue weighted by Gasteiger charge is -2.42. The molecule has 1 unspecified atom stereocenters. The van der Waals surface area contributed by atoms with Gasteiger partial charge in [0, 0.05) is 50.9 Å². The molecule has 10 nitrogen and oxygen atoms in total. The minimum atomic E-state index is -4.95. The highest BCUT2D eigenvalue weighted by molar-refractivity contribution is 7.88. The average Bonchev–Trinajstić information content (AvgIpc) is 3.60. The number of carbonyl (C=O) groups excluding carboxylic acids is 2. The second-order valence-electron chi connectivity index (χ2n) is 8.93. The van der Waals surface area contributed by atoms with E-state index in [4.69, 9.17) is 0 Å². The van der Waals surface area contributed by atoms with Crippen LogP contribution >= 0.6 is 0 Å². The second-order valence-corrected chi connectivity index (χ2v) is 10.8.